The third-order valence-corrected chi connectivity index (χ3v) is 2.53. The first-order valence-corrected chi connectivity index (χ1v) is 4.89. The molecule has 0 unspecified atom stereocenters. The molecule has 13 heavy (non-hydrogen) atoms. The van der Waals surface area contributed by atoms with Crippen molar-refractivity contribution in [1.82, 2.24) is 0 Å². The van der Waals surface area contributed by atoms with E-state index >= 15 is 0 Å². The maximum absolute atomic E-state index is 4.04. The van der Waals surface area contributed by atoms with Crippen molar-refractivity contribution >= 4 is 12.4 Å². The van der Waals surface area contributed by atoms with Gasteiger partial charge in [-0.15, -0.1) is 0 Å². The number of hydrogen-bond donors (Lipinski definition) is 0. The minimum absolute atomic E-state index is 0.627. The summed E-state index contributed by atoms with van der Waals surface area (Å²) in [4.78, 5) is 4.04. The molecule has 0 saturated carbocycles. The minimum atomic E-state index is 0.627. The number of rotatable bonds is 4. The second kappa shape index (κ2) is 4.80. The first-order valence-electron chi connectivity index (χ1n) is 4.89. The van der Waals surface area contributed by atoms with Crippen molar-refractivity contribution in [1.29, 1.82) is 0 Å². The van der Waals surface area contributed by atoms with Gasteiger partial charge in [-0.05, 0) is 37.1 Å². The number of aliphatic imine (C=N–C) groups is 1. The Balaban J connectivity index is 3.03. The summed E-state index contributed by atoms with van der Waals surface area (Å²) in [6, 6.07) is 8.26. The normalized spacial score (nSPS) is 10.4. The smallest absolute Gasteiger partial charge is 0.0657 e. The molecule has 1 rings (SSSR count). The number of nitrogens with zero attached hydrogens (tertiary/aromatic N) is 1. The molecular formula is C12H17N. The summed E-state index contributed by atoms with van der Waals surface area (Å²) in [5.41, 5.74) is 2.37. The van der Waals surface area contributed by atoms with Crippen LogP contribution in [0.2, 0.25) is 0 Å². The van der Waals surface area contributed by atoms with Crippen molar-refractivity contribution < 1.29 is 0 Å². The SMILES string of the molecule is C=Nc1ccccc1C(CC)CC. The van der Waals surface area contributed by atoms with Crippen molar-refractivity contribution in [2.45, 2.75) is 32.6 Å². The van der Waals surface area contributed by atoms with Crippen molar-refractivity contribution in [3.05, 3.63) is 29.8 Å². The molecule has 70 valence electrons. The quantitative estimate of drug-likeness (QED) is 0.615. The monoisotopic (exact) mass is 175 g/mol. The van der Waals surface area contributed by atoms with Crippen LogP contribution < -0.4 is 0 Å². The molecule has 0 N–H and O–H groups in total. The Morgan fingerprint density at radius 3 is 2.38 bits per heavy atom. The molecule has 1 nitrogen and oxygen atoms in total. The predicted octanol–water partition coefficient (Wildman–Crippen LogP) is 3.92. The van der Waals surface area contributed by atoms with Crippen molar-refractivity contribution in [3.63, 3.8) is 0 Å². The van der Waals surface area contributed by atoms with Crippen molar-refractivity contribution in [2.24, 2.45) is 4.99 Å². The van der Waals surface area contributed by atoms with Gasteiger partial charge < -0.3 is 0 Å². The first kappa shape index (κ1) is 9.97. The number of hydrogen-bond acceptors (Lipinski definition) is 1. The zero-order chi connectivity index (χ0) is 9.68. The topological polar surface area (TPSA) is 12.4 Å². The number of para-hydroxylation sites is 1. The second-order valence-corrected chi connectivity index (χ2v) is 3.23. The lowest BCUT2D eigenvalue weighted by atomic mass is 9.93. The van der Waals surface area contributed by atoms with Crippen LogP contribution in [0.1, 0.15) is 38.2 Å². The Kier molecular flexibility index (Phi) is 3.69. The van der Waals surface area contributed by atoms with Gasteiger partial charge in [0, 0.05) is 0 Å². The van der Waals surface area contributed by atoms with E-state index in [1.165, 1.54) is 18.4 Å². The van der Waals surface area contributed by atoms with E-state index in [4.69, 9.17) is 0 Å². The molecule has 0 aliphatic heterocycles. The largest absolute Gasteiger partial charge is 0.264 e. The van der Waals surface area contributed by atoms with E-state index in [-0.39, 0.29) is 0 Å². The molecule has 1 aromatic rings. The van der Waals surface area contributed by atoms with Gasteiger partial charge in [0.15, 0.2) is 0 Å². The molecule has 0 saturated heterocycles. The van der Waals surface area contributed by atoms with E-state index in [1.807, 2.05) is 12.1 Å². The maximum Gasteiger partial charge on any atom is 0.0657 e. The van der Waals surface area contributed by atoms with Gasteiger partial charge in [-0.2, -0.15) is 0 Å². The third kappa shape index (κ3) is 2.18. The van der Waals surface area contributed by atoms with Crippen LogP contribution in [-0.2, 0) is 0 Å². The van der Waals surface area contributed by atoms with Gasteiger partial charge in [-0.25, -0.2) is 0 Å². The highest BCUT2D eigenvalue weighted by atomic mass is 14.7. The Bertz CT molecular complexity index is 274. The van der Waals surface area contributed by atoms with Crippen LogP contribution in [0, 0.1) is 0 Å². The molecule has 0 radical (unpaired) electrons. The molecule has 0 aliphatic rings. The van der Waals surface area contributed by atoms with E-state index in [1.54, 1.807) is 0 Å². The van der Waals surface area contributed by atoms with Crippen LogP contribution in [-0.4, -0.2) is 6.72 Å². The molecule has 0 fully saturated rings. The fourth-order valence-corrected chi connectivity index (χ4v) is 1.71. The molecule has 0 heterocycles. The molecule has 0 atom stereocenters. The van der Waals surface area contributed by atoms with Crippen LogP contribution in [0.4, 0.5) is 5.69 Å². The summed E-state index contributed by atoms with van der Waals surface area (Å²) in [7, 11) is 0. The lowest BCUT2D eigenvalue weighted by Gasteiger charge is -2.14. The summed E-state index contributed by atoms with van der Waals surface area (Å²) in [5.74, 6) is 0.627. The molecule has 0 amide bonds. The van der Waals surface area contributed by atoms with Gasteiger partial charge in [0.1, 0.15) is 0 Å². The van der Waals surface area contributed by atoms with Gasteiger partial charge >= 0.3 is 0 Å². The zero-order valence-corrected chi connectivity index (χ0v) is 8.46. The maximum atomic E-state index is 4.04. The number of benzene rings is 1. The summed E-state index contributed by atoms with van der Waals surface area (Å²) in [6.07, 6.45) is 2.34. The average Bonchev–Trinajstić information content (AvgIpc) is 2.20. The van der Waals surface area contributed by atoms with E-state index in [0.717, 1.165) is 5.69 Å². The van der Waals surface area contributed by atoms with Crippen molar-refractivity contribution in [3.8, 4) is 0 Å². The van der Waals surface area contributed by atoms with E-state index < -0.39 is 0 Å². The van der Waals surface area contributed by atoms with Gasteiger partial charge in [0.2, 0.25) is 0 Å². The lowest BCUT2D eigenvalue weighted by molar-refractivity contribution is 0.643. The lowest BCUT2D eigenvalue weighted by Crippen LogP contribution is -1.95. The zero-order valence-electron chi connectivity index (χ0n) is 8.46. The molecule has 1 heteroatoms. The predicted molar refractivity (Wildman–Crippen MR) is 59.0 cm³/mol. The molecule has 0 bridgehead atoms. The standard InChI is InChI=1S/C12H17N/c1-4-10(5-2)11-8-6-7-9-12(11)13-3/h6-10H,3-5H2,1-2H3. The average molecular weight is 175 g/mol. The van der Waals surface area contributed by atoms with E-state index in [2.05, 4.69) is 37.7 Å². The Morgan fingerprint density at radius 2 is 1.85 bits per heavy atom. The fraction of sp³-hybridized carbons (Fsp3) is 0.417. The highest BCUT2D eigenvalue weighted by molar-refractivity contribution is 5.52. The molecule has 0 aromatic heterocycles. The highest BCUT2D eigenvalue weighted by Gasteiger charge is 2.09. The van der Waals surface area contributed by atoms with Crippen LogP contribution in [0.15, 0.2) is 29.3 Å². The van der Waals surface area contributed by atoms with Crippen LogP contribution >= 0.6 is 0 Å². The summed E-state index contributed by atoms with van der Waals surface area (Å²) < 4.78 is 0. The van der Waals surface area contributed by atoms with E-state index in [9.17, 15) is 0 Å². The highest BCUT2D eigenvalue weighted by Crippen LogP contribution is 2.30. The van der Waals surface area contributed by atoms with Crippen LogP contribution in [0.3, 0.4) is 0 Å². The van der Waals surface area contributed by atoms with Gasteiger partial charge in [0.25, 0.3) is 0 Å². The first-order chi connectivity index (χ1) is 6.33. The van der Waals surface area contributed by atoms with Gasteiger partial charge in [-0.3, -0.25) is 4.99 Å². The Hall–Kier alpha value is -1.11. The summed E-state index contributed by atoms with van der Waals surface area (Å²) in [5, 5.41) is 0. The molecular weight excluding hydrogens is 158 g/mol. The third-order valence-electron chi connectivity index (χ3n) is 2.53. The van der Waals surface area contributed by atoms with Gasteiger partial charge in [-0.1, -0.05) is 32.0 Å². The van der Waals surface area contributed by atoms with Crippen LogP contribution in [0.5, 0.6) is 0 Å². The molecule has 0 aliphatic carbocycles. The summed E-state index contributed by atoms with van der Waals surface area (Å²) >= 11 is 0. The molecule has 1 aromatic carbocycles. The van der Waals surface area contributed by atoms with Gasteiger partial charge in [0.05, 0.1) is 5.69 Å². The van der Waals surface area contributed by atoms with Crippen molar-refractivity contribution in [2.75, 3.05) is 0 Å². The fourth-order valence-electron chi connectivity index (χ4n) is 1.71. The summed E-state index contributed by atoms with van der Waals surface area (Å²) in [6.45, 7) is 8.03. The molecule has 0 spiro atoms. The van der Waals surface area contributed by atoms with E-state index in [0.29, 0.717) is 5.92 Å². The minimum Gasteiger partial charge on any atom is -0.264 e. The van der Waals surface area contributed by atoms with Crippen LogP contribution in [0.25, 0.3) is 0 Å². The second-order valence-electron chi connectivity index (χ2n) is 3.23. The Labute approximate surface area is 80.5 Å². The Morgan fingerprint density at radius 1 is 1.23 bits per heavy atom.